The third kappa shape index (κ3) is 7.64. The van der Waals surface area contributed by atoms with Crippen LogP contribution in [-0.4, -0.2) is 55.0 Å². The number of nitriles is 1. The number of rotatable bonds is 13. The van der Waals surface area contributed by atoms with E-state index < -0.39 is 52.6 Å². The number of anilines is 2. The van der Waals surface area contributed by atoms with E-state index in [2.05, 4.69) is 21.9 Å². The van der Waals surface area contributed by atoms with Gasteiger partial charge >= 0.3 is 0 Å². The molecule has 1 fully saturated rings. The number of aromatic nitrogens is 2. The monoisotopic (exact) mass is 656 g/mol. The molecule has 2 aromatic carbocycles. The number of nitrogens with one attached hydrogen (secondary N) is 1. The molecule has 0 saturated heterocycles. The first-order chi connectivity index (χ1) is 21.3. The van der Waals surface area contributed by atoms with Crippen molar-refractivity contribution < 1.29 is 26.8 Å². The van der Waals surface area contributed by atoms with Crippen LogP contribution in [0.2, 0.25) is 5.02 Å². The first kappa shape index (κ1) is 33.5. The highest BCUT2D eigenvalue weighted by Gasteiger charge is 2.46. The topological polar surface area (TPSA) is 136 Å². The quantitative estimate of drug-likeness (QED) is 0.248. The van der Waals surface area contributed by atoms with Crippen molar-refractivity contribution in [3.05, 3.63) is 89.4 Å². The normalized spacial score (nSPS) is 15.6. The lowest BCUT2D eigenvalue weighted by Crippen LogP contribution is -2.53. The fourth-order valence-electron chi connectivity index (χ4n) is 5.16. The predicted molar refractivity (Wildman–Crippen MR) is 165 cm³/mol. The number of carbonyl (C=O) groups is 2. The van der Waals surface area contributed by atoms with E-state index in [9.17, 15) is 32.0 Å². The van der Waals surface area contributed by atoms with Gasteiger partial charge < -0.3 is 5.32 Å². The van der Waals surface area contributed by atoms with E-state index in [1.54, 1.807) is 31.2 Å². The molecule has 10 nitrogen and oxygen atoms in total. The van der Waals surface area contributed by atoms with E-state index in [0.717, 1.165) is 11.2 Å². The minimum atomic E-state index is -3.73. The largest absolute Gasteiger partial charge is 0.384 e. The summed E-state index contributed by atoms with van der Waals surface area (Å²) in [5, 5.41) is 12.6. The zero-order valence-electron chi connectivity index (χ0n) is 24.5. The Hall–Kier alpha value is -4.41. The average molecular weight is 657 g/mol. The van der Waals surface area contributed by atoms with Crippen molar-refractivity contribution in [1.29, 1.82) is 5.26 Å². The molecule has 1 saturated carbocycles. The number of hydrogen-bond acceptors (Lipinski definition) is 8. The number of benzene rings is 2. The number of nitrogens with zero attached hydrogens (tertiary/aromatic N) is 5. The second-order valence-electron chi connectivity index (χ2n) is 10.7. The van der Waals surface area contributed by atoms with Gasteiger partial charge in [-0.25, -0.2) is 27.2 Å². The maximum atomic E-state index is 14.8. The van der Waals surface area contributed by atoms with Gasteiger partial charge in [0.1, 0.15) is 23.8 Å². The molecular formula is C31H31ClF2N6O4S. The molecule has 2 atom stereocenters. The van der Waals surface area contributed by atoms with Crippen LogP contribution >= 0.6 is 11.6 Å². The first-order valence-electron chi connectivity index (χ1n) is 14.0. The van der Waals surface area contributed by atoms with Crippen molar-refractivity contribution in [2.45, 2.75) is 61.6 Å². The number of carbonyl (C=O) groups excluding carboxylic acids is 2. The Morgan fingerprint density at radius 1 is 1.24 bits per heavy atom. The summed E-state index contributed by atoms with van der Waals surface area (Å²) in [5.41, 5.74) is 0.610. The van der Waals surface area contributed by atoms with Gasteiger partial charge in [0.25, 0.3) is 11.8 Å². The molecule has 2 amide bonds. The number of hydrogen-bond donors (Lipinski definition) is 1. The van der Waals surface area contributed by atoms with Crippen LogP contribution in [0.15, 0.2) is 78.0 Å². The standard InChI is InChI=1S/C31H31ClF2N6O4S/c1-4-8-27(39(19-41)30-36-14-13-21(18-35)38-30)29(42)40(23-9-7-10-24(15-23)45(3,43)44)28(25-11-5-6-12-26(25)32)20(2)37-22-16-31(33,34)17-22/h5-7,9-15,19,22,27-28,37H,2,4,8,16-17H2,1,3H3/t27-,28?/m0/s1. The molecule has 236 valence electrons. The van der Waals surface area contributed by atoms with Gasteiger partial charge in [0.05, 0.1) is 4.90 Å². The maximum absolute atomic E-state index is 14.8. The number of alkyl halides is 2. The smallest absolute Gasteiger partial charge is 0.252 e. The summed E-state index contributed by atoms with van der Waals surface area (Å²) in [7, 11) is -3.73. The molecule has 4 rings (SSSR count). The van der Waals surface area contributed by atoms with Gasteiger partial charge in [-0.2, -0.15) is 5.26 Å². The molecule has 0 spiro atoms. The molecule has 1 N–H and O–H groups in total. The summed E-state index contributed by atoms with van der Waals surface area (Å²) in [6, 6.07) is 12.4. The second kappa shape index (κ2) is 13.7. The molecule has 1 heterocycles. The SMILES string of the molecule is C=C(NC1CC(F)(F)C1)C(c1ccccc1Cl)N(C(=O)[C@H](CCC)N(C=O)c1nccc(C#N)n1)c1cccc(S(C)(=O)=O)c1. The van der Waals surface area contributed by atoms with Crippen LogP contribution in [-0.2, 0) is 19.4 Å². The van der Waals surface area contributed by atoms with E-state index in [-0.39, 0.29) is 39.4 Å². The summed E-state index contributed by atoms with van der Waals surface area (Å²) >= 11 is 6.65. The van der Waals surface area contributed by atoms with Crippen LogP contribution in [0.4, 0.5) is 20.4 Å². The van der Waals surface area contributed by atoms with Crippen LogP contribution < -0.4 is 15.1 Å². The zero-order valence-corrected chi connectivity index (χ0v) is 26.1. The third-order valence-corrected chi connectivity index (χ3v) is 8.77. The average Bonchev–Trinajstić information content (AvgIpc) is 2.98. The molecule has 0 radical (unpaired) electrons. The van der Waals surface area contributed by atoms with Crippen LogP contribution in [0.3, 0.4) is 0 Å². The molecule has 45 heavy (non-hydrogen) atoms. The predicted octanol–water partition coefficient (Wildman–Crippen LogP) is 5.21. The van der Waals surface area contributed by atoms with Gasteiger partial charge in [-0.3, -0.25) is 19.4 Å². The van der Waals surface area contributed by atoms with Crippen molar-refractivity contribution >= 4 is 45.4 Å². The van der Waals surface area contributed by atoms with Crippen LogP contribution in [0.1, 0.15) is 49.9 Å². The van der Waals surface area contributed by atoms with Gasteiger partial charge in [0, 0.05) is 47.7 Å². The molecule has 1 aliphatic rings. The number of halogens is 3. The van der Waals surface area contributed by atoms with Gasteiger partial charge in [-0.05, 0) is 42.3 Å². The summed E-state index contributed by atoms with van der Waals surface area (Å²) in [5.74, 6) is -3.72. The Balaban J connectivity index is 1.93. The van der Waals surface area contributed by atoms with Crippen LogP contribution in [0.25, 0.3) is 0 Å². The summed E-state index contributed by atoms with van der Waals surface area (Å²) in [6.45, 7) is 5.92. The third-order valence-electron chi connectivity index (χ3n) is 7.31. The molecule has 1 aliphatic carbocycles. The Kier molecular flexibility index (Phi) is 10.2. The molecule has 3 aromatic rings. The Morgan fingerprint density at radius 3 is 2.56 bits per heavy atom. The van der Waals surface area contributed by atoms with E-state index in [0.29, 0.717) is 18.4 Å². The van der Waals surface area contributed by atoms with E-state index >= 15 is 0 Å². The highest BCUT2D eigenvalue weighted by molar-refractivity contribution is 7.90. The van der Waals surface area contributed by atoms with Gasteiger partial charge in [-0.1, -0.05) is 55.8 Å². The molecule has 1 unspecified atom stereocenters. The van der Waals surface area contributed by atoms with Gasteiger partial charge in [0.15, 0.2) is 9.84 Å². The summed E-state index contributed by atoms with van der Waals surface area (Å²) < 4.78 is 52.7. The minimum Gasteiger partial charge on any atom is -0.384 e. The Bertz CT molecular complexity index is 1740. The van der Waals surface area contributed by atoms with Crippen molar-refractivity contribution in [2.75, 3.05) is 16.1 Å². The van der Waals surface area contributed by atoms with Crippen LogP contribution in [0.5, 0.6) is 0 Å². The fourth-order valence-corrected chi connectivity index (χ4v) is 6.06. The molecule has 14 heteroatoms. The lowest BCUT2D eigenvalue weighted by Gasteiger charge is -2.41. The van der Waals surface area contributed by atoms with E-state index in [4.69, 9.17) is 11.6 Å². The molecule has 1 aromatic heterocycles. The molecular weight excluding hydrogens is 626 g/mol. The van der Waals surface area contributed by atoms with Crippen molar-refractivity contribution in [1.82, 2.24) is 15.3 Å². The van der Waals surface area contributed by atoms with Crippen molar-refractivity contribution in [2.24, 2.45) is 0 Å². The minimum absolute atomic E-state index is 0.0314. The lowest BCUT2D eigenvalue weighted by atomic mass is 9.87. The first-order valence-corrected chi connectivity index (χ1v) is 16.2. The maximum Gasteiger partial charge on any atom is 0.252 e. The summed E-state index contributed by atoms with van der Waals surface area (Å²) in [4.78, 5) is 37.8. The second-order valence-corrected chi connectivity index (χ2v) is 13.1. The van der Waals surface area contributed by atoms with Gasteiger partial charge in [0.2, 0.25) is 12.4 Å². The fraction of sp³-hybridized carbons (Fsp3) is 0.323. The Morgan fingerprint density at radius 2 is 1.96 bits per heavy atom. The number of amides is 2. The molecule has 0 aliphatic heterocycles. The van der Waals surface area contributed by atoms with Crippen molar-refractivity contribution in [3.63, 3.8) is 0 Å². The Labute approximate surface area is 265 Å². The molecule has 0 bridgehead atoms. The number of sulfone groups is 1. The lowest BCUT2D eigenvalue weighted by molar-refractivity contribution is -0.122. The van der Waals surface area contributed by atoms with Gasteiger partial charge in [-0.15, -0.1) is 0 Å². The highest BCUT2D eigenvalue weighted by Crippen LogP contribution is 2.41. The van der Waals surface area contributed by atoms with E-state index in [1.807, 2.05) is 6.07 Å². The van der Waals surface area contributed by atoms with E-state index in [1.165, 1.54) is 41.4 Å². The van der Waals surface area contributed by atoms with Crippen molar-refractivity contribution in [3.8, 4) is 6.07 Å². The zero-order chi connectivity index (χ0) is 32.9. The van der Waals surface area contributed by atoms with Crippen LogP contribution in [0, 0.1) is 11.3 Å². The highest BCUT2D eigenvalue weighted by atomic mass is 35.5. The summed E-state index contributed by atoms with van der Waals surface area (Å²) in [6.07, 6.45) is 2.34.